The van der Waals surface area contributed by atoms with E-state index < -0.39 is 12.7 Å². The van der Waals surface area contributed by atoms with E-state index in [0.29, 0.717) is 0 Å². The van der Waals surface area contributed by atoms with E-state index in [1.807, 2.05) is 0 Å². The summed E-state index contributed by atoms with van der Waals surface area (Å²) in [5, 5.41) is 2.33. The standard InChI is InChI=1S/C7H6ClF3N2/c8-5-3-12-2-1-6(5)13-4-7(9,10)11/h1-3H,4H2,(H,12,13). The molecule has 1 aromatic heterocycles. The molecule has 0 fully saturated rings. The Labute approximate surface area is 77.7 Å². The van der Waals surface area contributed by atoms with Crippen LogP contribution in [0.1, 0.15) is 0 Å². The summed E-state index contributed by atoms with van der Waals surface area (Å²) in [6.45, 7) is -1.10. The minimum absolute atomic E-state index is 0.173. The van der Waals surface area contributed by atoms with Gasteiger partial charge in [0.25, 0.3) is 0 Å². The zero-order valence-corrected chi connectivity index (χ0v) is 7.15. The van der Waals surface area contributed by atoms with Crippen molar-refractivity contribution in [2.24, 2.45) is 0 Å². The quantitative estimate of drug-likeness (QED) is 0.812. The molecule has 0 unspecified atom stereocenters. The lowest BCUT2D eigenvalue weighted by molar-refractivity contribution is -0.115. The van der Waals surface area contributed by atoms with Gasteiger partial charge in [0.15, 0.2) is 0 Å². The average Bonchev–Trinajstić information content (AvgIpc) is 2.01. The molecule has 0 aliphatic heterocycles. The predicted molar refractivity (Wildman–Crippen MR) is 43.8 cm³/mol. The number of halogens is 4. The Morgan fingerprint density at radius 3 is 2.69 bits per heavy atom. The van der Waals surface area contributed by atoms with Crippen molar-refractivity contribution in [2.75, 3.05) is 11.9 Å². The van der Waals surface area contributed by atoms with Gasteiger partial charge in [-0.15, -0.1) is 0 Å². The summed E-state index contributed by atoms with van der Waals surface area (Å²) < 4.78 is 35.3. The van der Waals surface area contributed by atoms with Crippen molar-refractivity contribution in [3.63, 3.8) is 0 Å². The molecule has 0 aliphatic carbocycles. The Morgan fingerprint density at radius 1 is 1.46 bits per heavy atom. The first-order chi connectivity index (χ1) is 5.99. The monoisotopic (exact) mass is 210 g/mol. The summed E-state index contributed by atoms with van der Waals surface area (Å²) in [6, 6.07) is 1.38. The molecule has 1 N–H and O–H groups in total. The van der Waals surface area contributed by atoms with Gasteiger partial charge in [0.1, 0.15) is 6.54 Å². The summed E-state index contributed by atoms with van der Waals surface area (Å²) in [6.07, 6.45) is -1.60. The highest BCUT2D eigenvalue weighted by Crippen LogP contribution is 2.21. The van der Waals surface area contributed by atoms with Crippen molar-refractivity contribution in [1.29, 1.82) is 0 Å². The second-order valence-corrected chi connectivity index (χ2v) is 2.73. The number of hydrogen-bond acceptors (Lipinski definition) is 2. The van der Waals surface area contributed by atoms with Crippen molar-refractivity contribution in [3.05, 3.63) is 23.5 Å². The molecule has 0 atom stereocenters. The van der Waals surface area contributed by atoms with Gasteiger partial charge in [-0.05, 0) is 6.07 Å². The molecular weight excluding hydrogens is 205 g/mol. The van der Waals surface area contributed by atoms with Gasteiger partial charge < -0.3 is 5.32 Å². The fourth-order valence-electron chi connectivity index (χ4n) is 0.714. The van der Waals surface area contributed by atoms with Crippen LogP contribution in [0, 0.1) is 0 Å². The number of pyridine rings is 1. The molecule has 1 rings (SSSR count). The fourth-order valence-corrected chi connectivity index (χ4v) is 0.900. The molecule has 1 aromatic rings. The molecule has 72 valence electrons. The zero-order valence-electron chi connectivity index (χ0n) is 6.40. The van der Waals surface area contributed by atoms with E-state index in [9.17, 15) is 13.2 Å². The molecule has 13 heavy (non-hydrogen) atoms. The lowest BCUT2D eigenvalue weighted by Gasteiger charge is -2.09. The van der Waals surface area contributed by atoms with Gasteiger partial charge in [-0.1, -0.05) is 11.6 Å². The third-order valence-corrected chi connectivity index (χ3v) is 1.55. The summed E-state index contributed by atoms with van der Waals surface area (Å²) >= 11 is 5.56. The molecule has 2 nitrogen and oxygen atoms in total. The van der Waals surface area contributed by atoms with Gasteiger partial charge >= 0.3 is 6.18 Å². The Kier molecular flexibility index (Phi) is 2.98. The van der Waals surface area contributed by atoms with Gasteiger partial charge in [-0.3, -0.25) is 4.98 Å². The number of anilines is 1. The van der Waals surface area contributed by atoms with E-state index in [-0.39, 0.29) is 10.7 Å². The number of nitrogens with zero attached hydrogens (tertiary/aromatic N) is 1. The molecular formula is C7H6ClF3N2. The van der Waals surface area contributed by atoms with Gasteiger partial charge in [0, 0.05) is 12.4 Å². The van der Waals surface area contributed by atoms with Crippen LogP contribution >= 0.6 is 11.6 Å². The van der Waals surface area contributed by atoms with E-state index in [2.05, 4.69) is 10.3 Å². The molecule has 1 heterocycles. The first kappa shape index (κ1) is 10.1. The van der Waals surface area contributed by atoms with Crippen LogP contribution in [0.4, 0.5) is 18.9 Å². The predicted octanol–water partition coefficient (Wildman–Crippen LogP) is 2.71. The maximum Gasteiger partial charge on any atom is 0.405 e. The highest BCUT2D eigenvalue weighted by Gasteiger charge is 2.26. The smallest absolute Gasteiger partial charge is 0.375 e. The summed E-state index contributed by atoms with van der Waals surface area (Å²) in [5.41, 5.74) is 0.231. The molecule has 0 bridgehead atoms. The first-order valence-electron chi connectivity index (χ1n) is 3.39. The summed E-state index contributed by atoms with van der Waals surface area (Å²) in [7, 11) is 0. The van der Waals surface area contributed by atoms with Gasteiger partial charge in [-0.2, -0.15) is 13.2 Å². The third kappa shape index (κ3) is 3.50. The van der Waals surface area contributed by atoms with Crippen LogP contribution in [0.15, 0.2) is 18.5 Å². The Balaban J connectivity index is 2.60. The van der Waals surface area contributed by atoms with Crippen LogP contribution in [0.3, 0.4) is 0 Å². The average molecular weight is 211 g/mol. The number of alkyl halides is 3. The van der Waals surface area contributed by atoms with Crippen LogP contribution in [-0.2, 0) is 0 Å². The molecule has 0 aliphatic rings. The topological polar surface area (TPSA) is 24.9 Å². The SMILES string of the molecule is FC(F)(F)CNc1ccncc1Cl. The normalized spacial score (nSPS) is 11.4. The maximum atomic E-state index is 11.8. The molecule has 0 radical (unpaired) electrons. The second-order valence-electron chi connectivity index (χ2n) is 2.32. The lowest BCUT2D eigenvalue weighted by Crippen LogP contribution is -2.21. The van der Waals surface area contributed by atoms with Crippen LogP contribution in [0.2, 0.25) is 5.02 Å². The Hall–Kier alpha value is -0.970. The highest BCUT2D eigenvalue weighted by molar-refractivity contribution is 6.33. The molecule has 6 heteroatoms. The molecule has 0 saturated heterocycles. The third-order valence-electron chi connectivity index (χ3n) is 1.25. The van der Waals surface area contributed by atoms with E-state index in [0.717, 1.165) is 0 Å². The highest BCUT2D eigenvalue weighted by atomic mass is 35.5. The molecule has 0 amide bonds. The van der Waals surface area contributed by atoms with Crippen LogP contribution in [0.25, 0.3) is 0 Å². The van der Waals surface area contributed by atoms with Crippen molar-refractivity contribution in [3.8, 4) is 0 Å². The van der Waals surface area contributed by atoms with E-state index in [4.69, 9.17) is 11.6 Å². The van der Waals surface area contributed by atoms with Crippen LogP contribution in [-0.4, -0.2) is 17.7 Å². The van der Waals surface area contributed by atoms with Gasteiger partial charge in [-0.25, -0.2) is 0 Å². The van der Waals surface area contributed by atoms with Gasteiger partial charge in [0.05, 0.1) is 10.7 Å². The number of rotatable bonds is 2. The fraction of sp³-hybridized carbons (Fsp3) is 0.286. The largest absolute Gasteiger partial charge is 0.405 e. The van der Waals surface area contributed by atoms with Crippen molar-refractivity contribution < 1.29 is 13.2 Å². The zero-order chi connectivity index (χ0) is 9.90. The maximum absolute atomic E-state index is 11.8. The van der Waals surface area contributed by atoms with Crippen molar-refractivity contribution in [1.82, 2.24) is 4.98 Å². The van der Waals surface area contributed by atoms with Crippen LogP contribution in [0.5, 0.6) is 0 Å². The van der Waals surface area contributed by atoms with Gasteiger partial charge in [0.2, 0.25) is 0 Å². The summed E-state index contributed by atoms with van der Waals surface area (Å²) in [5.74, 6) is 0. The van der Waals surface area contributed by atoms with Crippen molar-refractivity contribution >= 4 is 17.3 Å². The Morgan fingerprint density at radius 2 is 2.15 bits per heavy atom. The van der Waals surface area contributed by atoms with Crippen molar-refractivity contribution in [2.45, 2.75) is 6.18 Å². The van der Waals surface area contributed by atoms with E-state index in [1.54, 1.807) is 0 Å². The van der Waals surface area contributed by atoms with E-state index >= 15 is 0 Å². The minimum atomic E-state index is -4.24. The minimum Gasteiger partial charge on any atom is -0.375 e. The number of hydrogen-bond donors (Lipinski definition) is 1. The lowest BCUT2D eigenvalue weighted by atomic mass is 10.4. The Bertz CT molecular complexity index is 287. The number of aromatic nitrogens is 1. The first-order valence-corrected chi connectivity index (χ1v) is 3.77. The summed E-state index contributed by atoms with van der Waals surface area (Å²) in [4.78, 5) is 3.64. The number of nitrogens with one attached hydrogen (secondary N) is 1. The molecule has 0 spiro atoms. The second kappa shape index (κ2) is 3.83. The van der Waals surface area contributed by atoms with Crippen LogP contribution < -0.4 is 5.32 Å². The molecule has 0 saturated carbocycles. The molecule has 0 aromatic carbocycles. The van der Waals surface area contributed by atoms with E-state index in [1.165, 1.54) is 18.5 Å².